The lowest BCUT2D eigenvalue weighted by Gasteiger charge is -2.28. The van der Waals surface area contributed by atoms with Crippen LogP contribution in [0.1, 0.15) is 11.6 Å². The van der Waals surface area contributed by atoms with Crippen molar-refractivity contribution in [3.8, 4) is 5.75 Å². The van der Waals surface area contributed by atoms with Gasteiger partial charge in [-0.2, -0.15) is 8.42 Å². The third-order valence-corrected chi connectivity index (χ3v) is 8.15. The summed E-state index contributed by atoms with van der Waals surface area (Å²) in [6.45, 7) is 0. The van der Waals surface area contributed by atoms with Gasteiger partial charge in [0, 0.05) is 5.02 Å². The minimum absolute atomic E-state index is 0.0348. The highest BCUT2D eigenvalue weighted by atomic mass is 35.5. The number of rotatable bonds is 6. The van der Waals surface area contributed by atoms with Crippen LogP contribution in [0.4, 0.5) is 11.4 Å². The molecule has 0 saturated carbocycles. The summed E-state index contributed by atoms with van der Waals surface area (Å²) in [5.41, 5.74) is 1.68. The third kappa shape index (κ3) is 4.54. The maximum Gasteiger partial charge on any atom is 0.339 e. The lowest BCUT2D eigenvalue weighted by atomic mass is 9.90. The Morgan fingerprint density at radius 3 is 2.05 bits per heavy atom. The van der Waals surface area contributed by atoms with Gasteiger partial charge in [0.1, 0.15) is 16.6 Å². The van der Waals surface area contributed by atoms with E-state index in [0.717, 1.165) is 4.90 Å². The third-order valence-electron chi connectivity index (χ3n) is 6.65. The van der Waals surface area contributed by atoms with E-state index in [-0.39, 0.29) is 10.6 Å². The molecule has 8 nitrogen and oxygen atoms in total. The van der Waals surface area contributed by atoms with Gasteiger partial charge in [-0.05, 0) is 60.2 Å². The maximum absolute atomic E-state index is 13.7. The number of carbonyl (C=O) groups is 2. The number of nitrogens with zero attached hydrogens (tertiary/aromatic N) is 2. The van der Waals surface area contributed by atoms with Gasteiger partial charge < -0.3 is 4.18 Å². The van der Waals surface area contributed by atoms with Gasteiger partial charge in [-0.25, -0.2) is 9.96 Å². The highest BCUT2D eigenvalue weighted by Gasteiger charge is 2.60. The number of fused-ring (bicyclic) bond motifs is 1. The van der Waals surface area contributed by atoms with Gasteiger partial charge in [0.15, 0.2) is 6.10 Å². The molecule has 2 amide bonds. The summed E-state index contributed by atoms with van der Waals surface area (Å²) in [6.07, 6.45) is -1.05. The molecule has 196 valence electrons. The van der Waals surface area contributed by atoms with E-state index in [1.54, 1.807) is 59.7 Å². The fourth-order valence-electron chi connectivity index (χ4n) is 4.90. The molecule has 2 fully saturated rings. The number of carbonyl (C=O) groups excluding carboxylic acids is 2. The van der Waals surface area contributed by atoms with Gasteiger partial charge in [-0.3, -0.25) is 14.4 Å². The fourth-order valence-corrected chi connectivity index (χ4v) is 6.04. The van der Waals surface area contributed by atoms with Gasteiger partial charge in [0.25, 0.3) is 5.91 Å². The monoisotopic (exact) mass is 560 g/mol. The summed E-state index contributed by atoms with van der Waals surface area (Å²) in [5, 5.41) is 1.96. The minimum Gasteiger partial charge on any atom is -0.379 e. The Hall–Kier alpha value is -4.18. The van der Waals surface area contributed by atoms with Gasteiger partial charge in [0.05, 0.1) is 17.4 Å². The van der Waals surface area contributed by atoms with Crippen LogP contribution in [0.25, 0.3) is 0 Å². The van der Waals surface area contributed by atoms with Gasteiger partial charge in [0.2, 0.25) is 5.91 Å². The largest absolute Gasteiger partial charge is 0.379 e. The number of hydrogen-bond donors (Lipinski definition) is 0. The van der Waals surface area contributed by atoms with Crippen LogP contribution >= 0.6 is 11.6 Å². The van der Waals surface area contributed by atoms with Crippen molar-refractivity contribution in [2.24, 2.45) is 5.92 Å². The van der Waals surface area contributed by atoms with Crippen molar-refractivity contribution in [3.63, 3.8) is 0 Å². The smallest absolute Gasteiger partial charge is 0.339 e. The lowest BCUT2D eigenvalue weighted by Crippen LogP contribution is -2.37. The molecule has 4 aromatic carbocycles. The van der Waals surface area contributed by atoms with Gasteiger partial charge in [-0.1, -0.05) is 66.2 Å². The fraction of sp³-hybridized carbons (Fsp3) is 0.103. The second-order valence-corrected chi connectivity index (χ2v) is 11.1. The number of para-hydroxylation sites is 1. The standard InChI is InChI=1S/C29H21ClN2O6S/c30-20-8-7-11-22(18-20)31-28(33)25-26(32(37-27(25)29(31)34)21-9-3-1-4-10-21)19-14-16-23(17-15-19)38-39(35,36)24-12-5-2-6-13-24/h1-18,25-27H/t25-,26-,27+/m0/s1. The molecular weight excluding hydrogens is 540 g/mol. The molecule has 0 bridgehead atoms. The van der Waals surface area contributed by atoms with Crippen LogP contribution in [0.5, 0.6) is 5.75 Å². The number of hydrogen-bond acceptors (Lipinski definition) is 7. The molecule has 0 spiro atoms. The summed E-state index contributed by atoms with van der Waals surface area (Å²) in [7, 11) is -4.02. The molecule has 2 heterocycles. The highest BCUT2D eigenvalue weighted by Crippen LogP contribution is 2.48. The Morgan fingerprint density at radius 1 is 0.744 bits per heavy atom. The quantitative estimate of drug-likeness (QED) is 0.237. The van der Waals surface area contributed by atoms with Crippen molar-refractivity contribution in [3.05, 3.63) is 120 Å². The first-order valence-corrected chi connectivity index (χ1v) is 13.9. The molecule has 0 aromatic heterocycles. The van der Waals surface area contributed by atoms with E-state index in [1.165, 1.54) is 24.3 Å². The number of hydroxylamine groups is 1. The van der Waals surface area contributed by atoms with Crippen molar-refractivity contribution in [1.82, 2.24) is 0 Å². The zero-order chi connectivity index (χ0) is 27.1. The second kappa shape index (κ2) is 9.85. The maximum atomic E-state index is 13.7. The van der Waals surface area contributed by atoms with Crippen LogP contribution in [-0.4, -0.2) is 26.3 Å². The number of amides is 2. The average Bonchev–Trinajstić information content (AvgIpc) is 3.45. The Balaban J connectivity index is 1.35. The summed E-state index contributed by atoms with van der Waals surface area (Å²) < 4.78 is 30.6. The molecule has 0 aliphatic carbocycles. The first-order chi connectivity index (χ1) is 18.8. The van der Waals surface area contributed by atoms with E-state index in [2.05, 4.69) is 0 Å². The number of imide groups is 1. The lowest BCUT2D eigenvalue weighted by molar-refractivity contribution is -0.126. The molecule has 4 aromatic rings. The SMILES string of the molecule is O=C1[C@@H]2[C@@H](ON(c3ccccc3)[C@H]2c2ccc(OS(=O)(=O)c3ccccc3)cc2)C(=O)N1c1cccc(Cl)c1. The zero-order valence-corrected chi connectivity index (χ0v) is 21.8. The van der Waals surface area contributed by atoms with Gasteiger partial charge >= 0.3 is 10.1 Å². The van der Waals surface area contributed by atoms with Crippen LogP contribution in [0, 0.1) is 5.92 Å². The molecule has 0 radical (unpaired) electrons. The van der Waals surface area contributed by atoms with E-state index in [9.17, 15) is 18.0 Å². The molecule has 39 heavy (non-hydrogen) atoms. The molecular formula is C29H21ClN2O6S. The van der Waals surface area contributed by atoms with Crippen LogP contribution in [0.3, 0.4) is 0 Å². The topological polar surface area (TPSA) is 93.2 Å². The normalized spacial score (nSPS) is 20.8. The summed E-state index contributed by atoms with van der Waals surface area (Å²) in [5.74, 6) is -1.64. The molecule has 0 N–H and O–H groups in total. The number of benzene rings is 4. The van der Waals surface area contributed by atoms with Crippen molar-refractivity contribution < 1.29 is 27.0 Å². The van der Waals surface area contributed by atoms with Crippen molar-refractivity contribution >= 4 is 44.9 Å². The molecule has 6 rings (SSSR count). The van der Waals surface area contributed by atoms with Crippen molar-refractivity contribution in [2.75, 3.05) is 9.96 Å². The summed E-state index contributed by atoms with van der Waals surface area (Å²) in [4.78, 5) is 34.4. The predicted octanol–water partition coefficient (Wildman–Crippen LogP) is 5.16. The highest BCUT2D eigenvalue weighted by molar-refractivity contribution is 7.87. The van der Waals surface area contributed by atoms with E-state index >= 15 is 0 Å². The second-order valence-electron chi connectivity index (χ2n) is 9.07. The predicted molar refractivity (Wildman–Crippen MR) is 145 cm³/mol. The Kier molecular flexibility index (Phi) is 6.34. The first-order valence-electron chi connectivity index (χ1n) is 12.1. The van der Waals surface area contributed by atoms with Crippen LogP contribution in [-0.2, 0) is 24.5 Å². The Morgan fingerprint density at radius 2 is 1.38 bits per heavy atom. The zero-order valence-electron chi connectivity index (χ0n) is 20.3. The molecule has 0 unspecified atom stereocenters. The summed E-state index contributed by atoms with van der Waals surface area (Å²) >= 11 is 6.12. The van der Waals surface area contributed by atoms with Crippen LogP contribution in [0.15, 0.2) is 114 Å². The van der Waals surface area contributed by atoms with Crippen LogP contribution < -0.4 is 14.1 Å². The van der Waals surface area contributed by atoms with E-state index in [4.69, 9.17) is 20.6 Å². The van der Waals surface area contributed by atoms with E-state index < -0.39 is 40.0 Å². The van der Waals surface area contributed by atoms with Crippen LogP contribution in [0.2, 0.25) is 5.02 Å². The average molecular weight is 561 g/mol. The van der Waals surface area contributed by atoms with Gasteiger partial charge in [-0.15, -0.1) is 0 Å². The first kappa shape index (κ1) is 25.1. The van der Waals surface area contributed by atoms with E-state index in [0.29, 0.717) is 22.0 Å². The summed E-state index contributed by atoms with van der Waals surface area (Å²) in [6, 6.07) is 29.2. The molecule has 2 saturated heterocycles. The van der Waals surface area contributed by atoms with E-state index in [1.807, 2.05) is 30.3 Å². The number of anilines is 2. The van der Waals surface area contributed by atoms with Crippen molar-refractivity contribution in [2.45, 2.75) is 17.0 Å². The molecule has 2 aliphatic heterocycles. The minimum atomic E-state index is -4.02. The van der Waals surface area contributed by atoms with Crippen molar-refractivity contribution in [1.29, 1.82) is 0 Å². The Labute approximate surface area is 230 Å². The molecule has 2 aliphatic rings. The Bertz CT molecular complexity index is 1650. The molecule has 3 atom stereocenters. The number of halogens is 1. The molecule has 10 heteroatoms.